The number of nitrogens with two attached hydrogens (primary N) is 1. The van der Waals surface area contributed by atoms with Crippen LogP contribution in [-0.2, 0) is 57.4 Å². The van der Waals surface area contributed by atoms with Crippen molar-refractivity contribution in [2.75, 3.05) is 47.0 Å². The van der Waals surface area contributed by atoms with Gasteiger partial charge in [-0.15, -0.1) is 28.8 Å². The van der Waals surface area contributed by atoms with Crippen LogP contribution in [0.25, 0.3) is 20.9 Å². The number of azide groups is 2. The van der Waals surface area contributed by atoms with Gasteiger partial charge in [0.15, 0.2) is 0 Å². The van der Waals surface area contributed by atoms with E-state index in [1.165, 1.54) is 63.4 Å². The lowest BCUT2D eigenvalue weighted by atomic mass is 9.92. The zero-order valence-electron chi connectivity index (χ0n) is 48.7. The first-order valence-electron chi connectivity index (χ1n) is 29.4. The molecule has 21 nitrogen and oxygen atoms in total. The van der Waals surface area contributed by atoms with Crippen LogP contribution in [0.1, 0.15) is 175 Å². The number of methoxy groups -OCH3 is 1. The number of primary amides is 1. The van der Waals surface area contributed by atoms with Crippen LogP contribution in [0, 0.1) is 88.8 Å². The quantitative estimate of drug-likeness (QED) is 0.0231. The first-order chi connectivity index (χ1) is 38.1. The van der Waals surface area contributed by atoms with Gasteiger partial charge in [-0.3, -0.25) is 23.6 Å². The average Bonchev–Trinajstić information content (AvgIpc) is 4.33. The van der Waals surface area contributed by atoms with E-state index in [2.05, 4.69) is 78.5 Å². The van der Waals surface area contributed by atoms with Crippen molar-refractivity contribution < 1.29 is 42.4 Å². The molecule has 3 amide bonds. The van der Waals surface area contributed by atoms with E-state index in [9.17, 15) is 23.8 Å². The third-order valence-electron chi connectivity index (χ3n) is 17.2. The average molecular weight is 1140 g/mol. The number of phosphoric acid groups is 1. The van der Waals surface area contributed by atoms with Crippen molar-refractivity contribution in [2.24, 2.45) is 88.1 Å². The van der Waals surface area contributed by atoms with E-state index in [0.717, 1.165) is 113 Å². The largest absolute Gasteiger partial charge is 0.756 e. The number of fused-ring (bicyclic) bond motifs is 4. The Morgan fingerprint density at radius 2 is 1.40 bits per heavy atom. The van der Waals surface area contributed by atoms with Gasteiger partial charge >= 0.3 is 0 Å². The minimum Gasteiger partial charge on any atom is -0.756 e. The van der Waals surface area contributed by atoms with E-state index in [4.69, 9.17) is 35.3 Å². The number of carbonyl (C=O) groups is 3. The lowest BCUT2D eigenvalue weighted by molar-refractivity contribution is -0.228. The summed E-state index contributed by atoms with van der Waals surface area (Å²) in [7, 11) is 0.708. The minimum atomic E-state index is -4.30. The summed E-state index contributed by atoms with van der Waals surface area (Å²) in [5.74, 6) is 19.8. The molecular formula is C58H98N12O9P-. The molecule has 4 N–H and O–H groups in total. The monoisotopic (exact) mass is 1140 g/mol. The topological polar surface area (TPSA) is 307 Å². The maximum atomic E-state index is 12.0. The molecule has 0 bridgehead atoms. The fraction of sp³-hybridized carbons (Fsp3) is 0.845. The smallest absolute Gasteiger partial charge is 0.267 e. The number of unbranched alkanes of at least 4 members (excludes halogenated alkanes) is 2. The second-order valence-corrected chi connectivity index (χ2v) is 23.6. The van der Waals surface area contributed by atoms with Gasteiger partial charge in [0.2, 0.25) is 17.7 Å². The minimum absolute atomic E-state index is 0. The van der Waals surface area contributed by atoms with E-state index >= 15 is 0 Å². The molecule has 7 unspecified atom stereocenters. The summed E-state index contributed by atoms with van der Waals surface area (Å²) < 4.78 is 34.9. The van der Waals surface area contributed by atoms with Gasteiger partial charge in [0.25, 0.3) is 7.82 Å². The highest BCUT2D eigenvalue weighted by Gasteiger charge is 2.49. The second-order valence-electron chi connectivity index (χ2n) is 22.2. The Morgan fingerprint density at radius 3 is 1.91 bits per heavy atom. The number of aromatic nitrogens is 3. The summed E-state index contributed by atoms with van der Waals surface area (Å²) in [5.41, 5.74) is 23.3. The van der Waals surface area contributed by atoms with Crippen LogP contribution in [0.2, 0.25) is 0 Å². The van der Waals surface area contributed by atoms with Gasteiger partial charge < -0.3 is 39.8 Å². The van der Waals surface area contributed by atoms with Crippen molar-refractivity contribution in [1.82, 2.24) is 25.6 Å². The molecule has 0 aromatic carbocycles. The van der Waals surface area contributed by atoms with Crippen LogP contribution in [0.5, 0.6) is 0 Å². The van der Waals surface area contributed by atoms with Crippen LogP contribution in [0.3, 0.4) is 0 Å². The summed E-state index contributed by atoms with van der Waals surface area (Å²) in [5, 5.41) is 20.0. The fourth-order valence-electron chi connectivity index (χ4n) is 12.6. The standard InChI is InChI=1S/C18H29O6P.C15H28N6O3.C12H19N3.C11H16.CH3N3.CH4/c1-13-11-17(21-2)18(24-13)12-23-25(19,20)22-10-9-16-14-7-5-3-4-6-8-15(14)16;1-3-12(14(16)23)9-11(2)15(24)19-8-6-4-5-7-18-13(22)10-20-21-17;1-3-8-9-4-6-11-12(7-5-10(8)9)15(2)14-13-11;1-2-9-10-7-5-3-4-6-8-11(9)10;1-3-4-2;/h13-18H,5-12H2,1-2H3,(H,19,20);11-12H,3-10H2,1-2H3,(H2,16,23)(H,18,22)(H,19,24);8-10H,3-7H2,1-2H3;9-11H,2,5-8H2,1H3;1H3;1H4/p-1/t13-,14-,15+,16?,17?,18+;;8?,9-,10+;9?,10-,11+;;/m0.1.../s1. The lowest BCUT2D eigenvalue weighted by Gasteiger charge is -2.25. The zero-order chi connectivity index (χ0) is 57.7. The molecule has 0 spiro atoms. The Hall–Kier alpha value is -4.68. The summed E-state index contributed by atoms with van der Waals surface area (Å²) >= 11 is 0. The van der Waals surface area contributed by atoms with Crippen molar-refractivity contribution >= 4 is 25.5 Å². The molecule has 4 fully saturated rings. The Balaban J connectivity index is 0.000000282. The molecule has 2 heterocycles. The number of rotatable bonds is 23. The number of aryl methyl sites for hydroxylation is 2. The summed E-state index contributed by atoms with van der Waals surface area (Å²) in [4.78, 5) is 51.1. The molecule has 7 aliphatic rings. The van der Waals surface area contributed by atoms with Crippen molar-refractivity contribution in [3.05, 3.63) is 32.3 Å². The highest BCUT2D eigenvalue weighted by atomic mass is 31.2. The zero-order valence-corrected chi connectivity index (χ0v) is 49.6. The SMILES string of the molecule is C.CCC(CC(C)C(=O)NCCCCCNC(=O)CN=[N+]=[N-])C(N)=O.CCC1[C@H]2CCC#CCC[C@@H]12.CCC1[C@H]2CCc3nnn(C)c3CC[C@@H]12.CN=[N+]=[N-].COC1C[C@H](C)O[C@@H]1COP(=O)([O-])OCCC1[C@H]2CCC#CCC[C@@H]12. The number of carbonyl (C=O) groups excluding carboxylic acids is 3. The van der Waals surface area contributed by atoms with Crippen molar-refractivity contribution in [3.8, 4) is 23.7 Å². The normalized spacial score (nSPS) is 28.3. The molecule has 6 aliphatic carbocycles. The number of nitrogens with one attached hydrogen (secondary N) is 2. The highest BCUT2D eigenvalue weighted by molar-refractivity contribution is 7.45. The Labute approximate surface area is 478 Å². The molecule has 15 atom stereocenters. The molecule has 1 saturated heterocycles. The molecular weight excluding hydrogens is 1040 g/mol. The number of hydrogen-bond acceptors (Lipinski definition) is 13. The highest BCUT2D eigenvalue weighted by Crippen LogP contribution is 2.56. The maximum Gasteiger partial charge on any atom is 0.267 e. The first-order valence-corrected chi connectivity index (χ1v) is 30.9. The lowest BCUT2D eigenvalue weighted by Crippen LogP contribution is -2.33. The Morgan fingerprint density at radius 1 is 0.863 bits per heavy atom. The van der Waals surface area contributed by atoms with Crippen molar-refractivity contribution in [1.29, 1.82) is 0 Å². The summed E-state index contributed by atoms with van der Waals surface area (Å²) in [6.45, 7) is 11.3. The molecule has 1 aliphatic heterocycles. The third kappa shape index (κ3) is 24.0. The second kappa shape index (κ2) is 37.4. The van der Waals surface area contributed by atoms with Crippen LogP contribution in [0.15, 0.2) is 10.2 Å². The summed E-state index contributed by atoms with van der Waals surface area (Å²) in [6, 6.07) is 0. The Bertz CT molecular complexity index is 2290. The molecule has 22 heteroatoms. The van der Waals surface area contributed by atoms with Gasteiger partial charge in [-0.25, -0.2) is 0 Å². The molecule has 1 aromatic heterocycles. The third-order valence-corrected chi connectivity index (χ3v) is 18.2. The number of amides is 3. The van der Waals surface area contributed by atoms with Gasteiger partial charge in [0, 0.05) is 88.1 Å². The van der Waals surface area contributed by atoms with Gasteiger partial charge in [-0.05, 0) is 161 Å². The van der Waals surface area contributed by atoms with Crippen molar-refractivity contribution in [2.45, 2.75) is 195 Å². The van der Waals surface area contributed by atoms with Crippen LogP contribution < -0.4 is 21.3 Å². The van der Waals surface area contributed by atoms with Crippen LogP contribution in [0.4, 0.5) is 0 Å². The van der Waals surface area contributed by atoms with Crippen molar-refractivity contribution in [3.63, 3.8) is 0 Å². The first kappa shape index (κ1) is 69.6. The predicted octanol–water partition coefficient (Wildman–Crippen LogP) is 10.1. The van der Waals surface area contributed by atoms with Gasteiger partial charge in [-0.2, -0.15) is 0 Å². The summed E-state index contributed by atoms with van der Waals surface area (Å²) in [6.07, 6.45) is 21.7. The molecule has 1 aromatic rings. The van der Waals surface area contributed by atoms with E-state index in [0.29, 0.717) is 43.7 Å². The van der Waals surface area contributed by atoms with Gasteiger partial charge in [0.05, 0.1) is 36.8 Å². The van der Waals surface area contributed by atoms with Crippen LogP contribution >= 0.6 is 7.82 Å². The molecule has 3 saturated carbocycles. The predicted molar refractivity (Wildman–Crippen MR) is 308 cm³/mol. The molecule has 450 valence electrons. The van der Waals surface area contributed by atoms with Gasteiger partial charge in [-0.1, -0.05) is 63.4 Å². The fourth-order valence-corrected chi connectivity index (χ4v) is 13.4. The number of ether oxygens (including phenoxy) is 2. The molecule has 0 radical (unpaired) electrons. The molecule has 8 rings (SSSR count). The van der Waals surface area contributed by atoms with Crippen LogP contribution in [-0.4, -0.2) is 98.0 Å². The van der Waals surface area contributed by atoms with E-state index in [1.54, 1.807) is 14.0 Å². The van der Waals surface area contributed by atoms with E-state index in [1.807, 2.05) is 25.6 Å². The number of phosphoric ester groups is 1. The number of nitrogens with zero attached hydrogens (tertiary/aromatic N) is 9. The number of hydrogen-bond donors (Lipinski definition) is 3. The van der Waals surface area contributed by atoms with E-state index < -0.39 is 7.82 Å². The van der Waals surface area contributed by atoms with Gasteiger partial charge in [0.1, 0.15) is 12.6 Å². The molecule has 80 heavy (non-hydrogen) atoms. The van der Waals surface area contributed by atoms with E-state index in [-0.39, 0.29) is 75.1 Å². The Kier molecular flexibility index (Phi) is 32.6. The maximum absolute atomic E-state index is 12.0.